The number of carbonyl (C=O) groups is 1. The van der Waals surface area contributed by atoms with Crippen LogP contribution in [0, 0.1) is 11.7 Å². The zero-order valence-corrected chi connectivity index (χ0v) is 14.3. The fraction of sp³-hybridized carbons (Fsp3) is 0.188. The Kier molecular flexibility index (Phi) is 4.14. The van der Waals surface area contributed by atoms with Crippen LogP contribution in [0.2, 0.25) is 0 Å². The largest absolute Gasteiger partial charge is 0.347 e. The molecule has 5 nitrogen and oxygen atoms in total. The van der Waals surface area contributed by atoms with Gasteiger partial charge in [-0.1, -0.05) is 0 Å². The minimum absolute atomic E-state index is 0.176. The van der Waals surface area contributed by atoms with Crippen LogP contribution in [0.3, 0.4) is 0 Å². The molecule has 2 aromatic heterocycles. The lowest BCUT2D eigenvalue weighted by atomic mass is 10.1. The van der Waals surface area contributed by atoms with E-state index in [-0.39, 0.29) is 11.5 Å². The predicted octanol–water partition coefficient (Wildman–Crippen LogP) is 2.90. The minimum atomic E-state index is -0.181. The summed E-state index contributed by atoms with van der Waals surface area (Å²) in [6, 6.07) is 6.98. The van der Waals surface area contributed by atoms with Crippen LogP contribution >= 0.6 is 23.6 Å². The molecule has 3 rings (SSSR count). The second-order valence-electron chi connectivity index (χ2n) is 5.26. The van der Waals surface area contributed by atoms with E-state index in [1.54, 1.807) is 36.6 Å². The first-order valence-electron chi connectivity index (χ1n) is 7.01. The van der Waals surface area contributed by atoms with Gasteiger partial charge in [0.15, 0.2) is 4.77 Å². The second-order valence-corrected chi connectivity index (χ2v) is 6.65. The van der Waals surface area contributed by atoms with Crippen molar-refractivity contribution in [3.05, 3.63) is 60.8 Å². The Morgan fingerprint density at radius 1 is 1.39 bits per heavy atom. The molecule has 1 aromatic carbocycles. The summed E-state index contributed by atoms with van der Waals surface area (Å²) in [5.74, 6) is -0.181. The number of fused-ring (bicyclic) bond motifs is 1. The third-order valence-corrected chi connectivity index (χ3v) is 5.14. The highest BCUT2D eigenvalue weighted by Gasteiger charge is 2.10. The van der Waals surface area contributed by atoms with Crippen LogP contribution in [0.15, 0.2) is 34.4 Å². The molecule has 3 aromatic rings. The van der Waals surface area contributed by atoms with Crippen molar-refractivity contribution in [1.29, 1.82) is 0 Å². The average molecular weight is 345 g/mol. The Morgan fingerprint density at radius 2 is 2.17 bits per heavy atom. The number of thiophene rings is 1. The SMILES string of the molecule is Cc1ccsc1CNC(=O)c1ccc2c(=O)n(C)c(=S)[nH]c2c1. The molecule has 0 spiro atoms. The van der Waals surface area contributed by atoms with E-state index in [0.29, 0.717) is 27.8 Å². The molecule has 2 heterocycles. The van der Waals surface area contributed by atoms with Crippen molar-refractivity contribution in [3.63, 3.8) is 0 Å². The van der Waals surface area contributed by atoms with Gasteiger partial charge in [-0.2, -0.15) is 0 Å². The molecule has 0 saturated carbocycles. The third kappa shape index (κ3) is 2.97. The molecule has 0 fully saturated rings. The van der Waals surface area contributed by atoms with Crippen LogP contribution in [0.4, 0.5) is 0 Å². The summed E-state index contributed by atoms with van der Waals surface area (Å²) >= 11 is 6.72. The van der Waals surface area contributed by atoms with Crippen molar-refractivity contribution < 1.29 is 4.79 Å². The number of hydrogen-bond acceptors (Lipinski definition) is 4. The molecule has 118 valence electrons. The maximum atomic E-state index is 12.3. The van der Waals surface area contributed by atoms with E-state index < -0.39 is 0 Å². The van der Waals surface area contributed by atoms with Gasteiger partial charge < -0.3 is 10.3 Å². The number of aromatic amines is 1. The first-order valence-corrected chi connectivity index (χ1v) is 8.30. The van der Waals surface area contributed by atoms with Gasteiger partial charge in [-0.05, 0) is 54.4 Å². The number of nitrogens with zero attached hydrogens (tertiary/aromatic N) is 1. The van der Waals surface area contributed by atoms with Crippen LogP contribution in [0.25, 0.3) is 10.9 Å². The number of amides is 1. The van der Waals surface area contributed by atoms with Gasteiger partial charge in [-0.15, -0.1) is 11.3 Å². The molecule has 0 atom stereocenters. The first kappa shape index (κ1) is 15.6. The van der Waals surface area contributed by atoms with E-state index in [4.69, 9.17) is 12.2 Å². The standard InChI is InChI=1S/C16H15N3O2S2/c1-9-5-6-23-13(9)8-17-14(20)10-3-4-11-12(7-10)18-16(22)19(2)15(11)21/h3-7H,8H2,1-2H3,(H,17,20)(H,18,22). The highest BCUT2D eigenvalue weighted by molar-refractivity contribution is 7.71. The maximum absolute atomic E-state index is 12.3. The lowest BCUT2D eigenvalue weighted by molar-refractivity contribution is 0.0951. The molecular formula is C16H15N3O2S2. The summed E-state index contributed by atoms with van der Waals surface area (Å²) in [5.41, 5.74) is 2.05. The first-order chi connectivity index (χ1) is 11.0. The van der Waals surface area contributed by atoms with Crippen molar-refractivity contribution in [3.8, 4) is 0 Å². The zero-order valence-electron chi connectivity index (χ0n) is 12.7. The summed E-state index contributed by atoms with van der Waals surface area (Å²) in [6.45, 7) is 2.51. The van der Waals surface area contributed by atoms with E-state index in [1.807, 2.05) is 18.4 Å². The van der Waals surface area contributed by atoms with Gasteiger partial charge in [0, 0.05) is 17.5 Å². The number of hydrogen-bond donors (Lipinski definition) is 2. The second kappa shape index (κ2) is 6.10. The highest BCUT2D eigenvalue weighted by atomic mass is 32.1. The molecule has 1 amide bonds. The quantitative estimate of drug-likeness (QED) is 0.717. The lowest BCUT2D eigenvalue weighted by Crippen LogP contribution is -2.23. The van der Waals surface area contributed by atoms with Gasteiger partial charge >= 0.3 is 0 Å². The Morgan fingerprint density at radius 3 is 2.87 bits per heavy atom. The van der Waals surface area contributed by atoms with Gasteiger partial charge in [-0.25, -0.2) is 0 Å². The summed E-state index contributed by atoms with van der Waals surface area (Å²) in [5, 5.41) is 5.40. The predicted molar refractivity (Wildman–Crippen MR) is 94.6 cm³/mol. The molecule has 0 saturated heterocycles. The molecule has 0 aliphatic rings. The van der Waals surface area contributed by atoms with Gasteiger partial charge in [-0.3, -0.25) is 14.2 Å². The minimum Gasteiger partial charge on any atom is -0.347 e. The molecule has 0 aliphatic heterocycles. The van der Waals surface area contributed by atoms with Crippen LogP contribution in [-0.2, 0) is 13.6 Å². The molecule has 23 heavy (non-hydrogen) atoms. The number of benzene rings is 1. The third-order valence-electron chi connectivity index (χ3n) is 3.74. The number of carbonyl (C=O) groups excluding carboxylic acids is 1. The van der Waals surface area contributed by atoms with Crippen molar-refractivity contribution in [2.24, 2.45) is 7.05 Å². The van der Waals surface area contributed by atoms with Crippen molar-refractivity contribution in [1.82, 2.24) is 14.9 Å². The van der Waals surface area contributed by atoms with Gasteiger partial charge in [0.1, 0.15) is 0 Å². The molecule has 7 heteroatoms. The van der Waals surface area contributed by atoms with Crippen LogP contribution in [-0.4, -0.2) is 15.5 Å². The fourth-order valence-electron chi connectivity index (χ4n) is 2.30. The summed E-state index contributed by atoms with van der Waals surface area (Å²) in [6.07, 6.45) is 0. The van der Waals surface area contributed by atoms with Crippen LogP contribution in [0.5, 0.6) is 0 Å². The van der Waals surface area contributed by atoms with Gasteiger partial charge in [0.05, 0.1) is 17.4 Å². The number of H-pyrrole nitrogens is 1. The van der Waals surface area contributed by atoms with E-state index in [1.165, 1.54) is 10.1 Å². The Bertz CT molecular complexity index is 1010. The zero-order chi connectivity index (χ0) is 16.6. The number of aryl methyl sites for hydroxylation is 1. The smallest absolute Gasteiger partial charge is 0.261 e. The highest BCUT2D eigenvalue weighted by Crippen LogP contribution is 2.15. The summed E-state index contributed by atoms with van der Waals surface area (Å²) in [7, 11) is 1.62. The lowest BCUT2D eigenvalue weighted by Gasteiger charge is -2.07. The molecule has 0 unspecified atom stereocenters. The monoisotopic (exact) mass is 345 g/mol. The van der Waals surface area contributed by atoms with E-state index >= 15 is 0 Å². The van der Waals surface area contributed by atoms with Crippen molar-refractivity contribution in [2.75, 3.05) is 0 Å². The number of nitrogens with one attached hydrogen (secondary N) is 2. The van der Waals surface area contributed by atoms with Crippen molar-refractivity contribution in [2.45, 2.75) is 13.5 Å². The Labute approximate surface area is 141 Å². The molecular weight excluding hydrogens is 330 g/mol. The van der Waals surface area contributed by atoms with E-state index in [0.717, 1.165) is 4.88 Å². The Hall–Kier alpha value is -2.25. The fourth-order valence-corrected chi connectivity index (χ4v) is 3.33. The molecule has 0 aliphatic carbocycles. The maximum Gasteiger partial charge on any atom is 0.261 e. The summed E-state index contributed by atoms with van der Waals surface area (Å²) < 4.78 is 1.70. The average Bonchev–Trinajstić information content (AvgIpc) is 2.95. The Balaban J connectivity index is 1.90. The topological polar surface area (TPSA) is 66.9 Å². The van der Waals surface area contributed by atoms with Gasteiger partial charge in [0.25, 0.3) is 11.5 Å². The van der Waals surface area contributed by atoms with E-state index in [2.05, 4.69) is 10.3 Å². The van der Waals surface area contributed by atoms with Crippen molar-refractivity contribution >= 4 is 40.4 Å². The van der Waals surface area contributed by atoms with E-state index in [9.17, 15) is 9.59 Å². The molecule has 0 radical (unpaired) electrons. The normalized spacial score (nSPS) is 10.9. The molecule has 2 N–H and O–H groups in total. The molecule has 0 bridgehead atoms. The number of aromatic nitrogens is 2. The van der Waals surface area contributed by atoms with Crippen LogP contribution < -0.4 is 10.9 Å². The van der Waals surface area contributed by atoms with Gasteiger partial charge in [0.2, 0.25) is 0 Å². The summed E-state index contributed by atoms with van der Waals surface area (Å²) in [4.78, 5) is 28.5. The number of rotatable bonds is 3. The van der Waals surface area contributed by atoms with Crippen LogP contribution in [0.1, 0.15) is 20.8 Å².